The van der Waals surface area contributed by atoms with Crippen LogP contribution in [0.4, 0.5) is 10.1 Å². The molecule has 1 atom stereocenters. The van der Waals surface area contributed by atoms with Crippen LogP contribution in [0, 0.1) is 15.3 Å². The summed E-state index contributed by atoms with van der Waals surface area (Å²) in [6.07, 6.45) is 2.16. The standard InChI is InChI=1S/C13H18FIN2O/c1-9(7-8-16)5-6-12(18)17-11-4-2-3-10(14)13(11)15/h2-4,9H,5-8,16H2,1H3,(H,17,18). The molecule has 0 saturated heterocycles. The highest BCUT2D eigenvalue weighted by Gasteiger charge is 2.10. The summed E-state index contributed by atoms with van der Waals surface area (Å²) in [5, 5.41) is 2.73. The number of nitrogens with two attached hydrogens (primary N) is 1. The third-order valence-electron chi connectivity index (χ3n) is 2.75. The molecule has 1 unspecified atom stereocenters. The highest BCUT2D eigenvalue weighted by molar-refractivity contribution is 14.1. The molecule has 1 rings (SSSR count). The van der Waals surface area contributed by atoms with Gasteiger partial charge in [-0.2, -0.15) is 0 Å². The number of carbonyl (C=O) groups is 1. The van der Waals surface area contributed by atoms with Crippen molar-refractivity contribution in [2.45, 2.75) is 26.2 Å². The summed E-state index contributed by atoms with van der Waals surface area (Å²) in [7, 11) is 0. The average molecular weight is 364 g/mol. The van der Waals surface area contributed by atoms with E-state index in [1.807, 2.05) is 22.6 Å². The fourth-order valence-corrected chi connectivity index (χ4v) is 2.11. The summed E-state index contributed by atoms with van der Waals surface area (Å²) in [6, 6.07) is 4.66. The first-order valence-electron chi connectivity index (χ1n) is 5.98. The van der Waals surface area contributed by atoms with Gasteiger partial charge in [0.25, 0.3) is 0 Å². The zero-order chi connectivity index (χ0) is 13.5. The van der Waals surface area contributed by atoms with Crippen LogP contribution in [0.15, 0.2) is 18.2 Å². The Morgan fingerprint density at radius 3 is 2.89 bits per heavy atom. The molecule has 1 amide bonds. The molecule has 0 fully saturated rings. The van der Waals surface area contributed by atoms with Crippen molar-refractivity contribution < 1.29 is 9.18 Å². The number of carbonyl (C=O) groups excluding carboxylic acids is 1. The third kappa shape index (κ3) is 4.89. The molecule has 0 saturated carbocycles. The lowest BCUT2D eigenvalue weighted by Crippen LogP contribution is -2.15. The zero-order valence-corrected chi connectivity index (χ0v) is 12.5. The van der Waals surface area contributed by atoms with Crippen molar-refractivity contribution in [2.24, 2.45) is 11.7 Å². The van der Waals surface area contributed by atoms with E-state index in [-0.39, 0.29) is 11.7 Å². The van der Waals surface area contributed by atoms with Gasteiger partial charge >= 0.3 is 0 Å². The average Bonchev–Trinajstić information content (AvgIpc) is 2.33. The van der Waals surface area contributed by atoms with Gasteiger partial charge in [-0.1, -0.05) is 13.0 Å². The third-order valence-corrected chi connectivity index (χ3v) is 3.85. The van der Waals surface area contributed by atoms with E-state index in [2.05, 4.69) is 12.2 Å². The number of rotatable bonds is 6. The Hall–Kier alpha value is -0.690. The molecule has 0 radical (unpaired) electrons. The van der Waals surface area contributed by atoms with E-state index in [9.17, 15) is 9.18 Å². The lowest BCUT2D eigenvalue weighted by molar-refractivity contribution is -0.116. The fraction of sp³-hybridized carbons (Fsp3) is 0.462. The van der Waals surface area contributed by atoms with Crippen molar-refractivity contribution in [3.63, 3.8) is 0 Å². The predicted molar refractivity (Wildman–Crippen MR) is 79.8 cm³/mol. The minimum Gasteiger partial charge on any atom is -0.330 e. The Balaban J connectivity index is 2.47. The van der Waals surface area contributed by atoms with Crippen molar-refractivity contribution in [1.82, 2.24) is 0 Å². The van der Waals surface area contributed by atoms with E-state index < -0.39 is 0 Å². The van der Waals surface area contributed by atoms with Crippen LogP contribution in [0.25, 0.3) is 0 Å². The van der Waals surface area contributed by atoms with E-state index in [4.69, 9.17) is 5.73 Å². The summed E-state index contributed by atoms with van der Waals surface area (Å²) in [5.41, 5.74) is 5.99. The Morgan fingerprint density at radius 1 is 1.50 bits per heavy atom. The first kappa shape index (κ1) is 15.4. The molecule has 5 heteroatoms. The number of amides is 1. The molecule has 100 valence electrons. The van der Waals surface area contributed by atoms with Crippen LogP contribution < -0.4 is 11.1 Å². The molecular weight excluding hydrogens is 346 g/mol. The van der Waals surface area contributed by atoms with Gasteiger partial charge in [0, 0.05) is 6.42 Å². The zero-order valence-electron chi connectivity index (χ0n) is 10.4. The van der Waals surface area contributed by atoms with Crippen molar-refractivity contribution in [2.75, 3.05) is 11.9 Å². The van der Waals surface area contributed by atoms with Gasteiger partial charge in [0.15, 0.2) is 0 Å². The van der Waals surface area contributed by atoms with Gasteiger partial charge in [0.2, 0.25) is 5.91 Å². The second-order valence-electron chi connectivity index (χ2n) is 4.37. The van der Waals surface area contributed by atoms with Crippen LogP contribution in [0.5, 0.6) is 0 Å². The Labute approximate surface area is 120 Å². The first-order valence-corrected chi connectivity index (χ1v) is 7.06. The lowest BCUT2D eigenvalue weighted by Gasteiger charge is -2.11. The monoisotopic (exact) mass is 364 g/mol. The normalized spacial score (nSPS) is 12.2. The largest absolute Gasteiger partial charge is 0.330 e. The molecule has 3 N–H and O–H groups in total. The van der Waals surface area contributed by atoms with Gasteiger partial charge in [-0.05, 0) is 60.0 Å². The number of halogens is 2. The summed E-state index contributed by atoms with van der Waals surface area (Å²) >= 11 is 1.89. The summed E-state index contributed by atoms with van der Waals surface area (Å²) in [6.45, 7) is 2.72. The van der Waals surface area contributed by atoms with Crippen LogP contribution in [0.1, 0.15) is 26.2 Å². The SMILES string of the molecule is CC(CCN)CCC(=O)Nc1cccc(F)c1I. The quantitative estimate of drug-likeness (QED) is 0.762. The Morgan fingerprint density at radius 2 is 2.22 bits per heavy atom. The highest BCUT2D eigenvalue weighted by atomic mass is 127. The molecule has 0 aromatic heterocycles. The molecule has 1 aromatic carbocycles. The molecule has 0 aliphatic rings. The number of nitrogens with one attached hydrogen (secondary N) is 1. The first-order chi connectivity index (χ1) is 8.54. The van der Waals surface area contributed by atoms with Crippen LogP contribution in [-0.4, -0.2) is 12.5 Å². The highest BCUT2D eigenvalue weighted by Crippen LogP contribution is 2.21. The molecule has 18 heavy (non-hydrogen) atoms. The Kier molecular flexibility index (Phi) is 6.56. The number of anilines is 1. The van der Waals surface area contributed by atoms with E-state index >= 15 is 0 Å². The molecule has 1 aromatic rings. The van der Waals surface area contributed by atoms with Gasteiger partial charge < -0.3 is 11.1 Å². The van der Waals surface area contributed by atoms with Crippen molar-refractivity contribution >= 4 is 34.2 Å². The molecule has 0 aliphatic heterocycles. The second kappa shape index (κ2) is 7.68. The molecule has 0 bridgehead atoms. The molecular formula is C13H18FIN2O. The minimum atomic E-state index is -0.315. The van der Waals surface area contributed by atoms with Gasteiger partial charge in [-0.25, -0.2) is 4.39 Å². The van der Waals surface area contributed by atoms with E-state index in [0.717, 1.165) is 12.8 Å². The maximum absolute atomic E-state index is 13.3. The van der Waals surface area contributed by atoms with Crippen LogP contribution in [0.3, 0.4) is 0 Å². The van der Waals surface area contributed by atoms with Gasteiger partial charge in [0.1, 0.15) is 5.82 Å². The number of benzene rings is 1. The predicted octanol–water partition coefficient (Wildman–Crippen LogP) is 3.13. The molecule has 0 heterocycles. The number of hydrogen-bond acceptors (Lipinski definition) is 2. The topological polar surface area (TPSA) is 55.1 Å². The Bertz CT molecular complexity index is 412. The lowest BCUT2D eigenvalue weighted by atomic mass is 10.0. The van der Waals surface area contributed by atoms with E-state index in [1.165, 1.54) is 6.07 Å². The summed E-state index contributed by atoms with van der Waals surface area (Å²) in [5.74, 6) is 0.0413. The maximum atomic E-state index is 13.3. The van der Waals surface area contributed by atoms with Crippen molar-refractivity contribution in [1.29, 1.82) is 0 Å². The summed E-state index contributed by atoms with van der Waals surface area (Å²) < 4.78 is 13.7. The second-order valence-corrected chi connectivity index (χ2v) is 5.45. The van der Waals surface area contributed by atoms with Gasteiger partial charge in [-0.15, -0.1) is 0 Å². The van der Waals surface area contributed by atoms with Crippen LogP contribution in [-0.2, 0) is 4.79 Å². The van der Waals surface area contributed by atoms with Gasteiger partial charge in [-0.3, -0.25) is 4.79 Å². The van der Waals surface area contributed by atoms with Gasteiger partial charge in [0.05, 0.1) is 9.26 Å². The minimum absolute atomic E-state index is 0.0811. The van der Waals surface area contributed by atoms with Crippen molar-refractivity contribution in [3.05, 3.63) is 27.6 Å². The molecule has 0 aliphatic carbocycles. The molecule has 0 spiro atoms. The summed E-state index contributed by atoms with van der Waals surface area (Å²) in [4.78, 5) is 11.7. The van der Waals surface area contributed by atoms with Crippen LogP contribution in [0.2, 0.25) is 0 Å². The van der Waals surface area contributed by atoms with Crippen LogP contribution >= 0.6 is 22.6 Å². The van der Waals surface area contributed by atoms with E-state index in [1.54, 1.807) is 12.1 Å². The van der Waals surface area contributed by atoms with E-state index in [0.29, 0.717) is 28.1 Å². The number of hydrogen-bond donors (Lipinski definition) is 2. The maximum Gasteiger partial charge on any atom is 0.224 e. The smallest absolute Gasteiger partial charge is 0.224 e. The molecule has 3 nitrogen and oxygen atoms in total. The van der Waals surface area contributed by atoms with Crippen molar-refractivity contribution in [3.8, 4) is 0 Å². The fourth-order valence-electron chi connectivity index (χ4n) is 1.62.